The molecule has 0 N–H and O–H groups in total. The Balaban J connectivity index is 1.84. The van der Waals surface area contributed by atoms with E-state index in [1.54, 1.807) is 42.0 Å². The predicted molar refractivity (Wildman–Crippen MR) is 115 cm³/mol. The first-order chi connectivity index (χ1) is 15.1. The number of ether oxygens (including phenoxy) is 1. The maximum absolute atomic E-state index is 12.8. The van der Waals surface area contributed by atoms with E-state index in [-0.39, 0.29) is 12.2 Å². The molecule has 0 radical (unpaired) electrons. The molecular weight excluding hydrogens is 394 g/mol. The summed E-state index contributed by atoms with van der Waals surface area (Å²) in [7, 11) is 0. The van der Waals surface area contributed by atoms with Crippen LogP contribution in [-0.4, -0.2) is 22.1 Å². The number of esters is 1. The summed E-state index contributed by atoms with van der Waals surface area (Å²) in [5.41, 5.74) is 1.88. The van der Waals surface area contributed by atoms with E-state index in [4.69, 9.17) is 4.74 Å². The van der Waals surface area contributed by atoms with Crippen LogP contribution in [0, 0.1) is 17.0 Å². The number of carbonyl (C=O) groups excluding carboxylic acids is 1. The van der Waals surface area contributed by atoms with Gasteiger partial charge in [-0.1, -0.05) is 17.9 Å². The molecule has 1 aromatic carbocycles. The highest BCUT2D eigenvalue weighted by atomic mass is 16.5. The quantitative estimate of drug-likeness (QED) is 0.224. The van der Waals surface area contributed by atoms with Crippen LogP contribution < -0.4 is 10.2 Å². The number of hydrogen-bond acceptors (Lipinski definition) is 5. The number of rotatable bonds is 3. The van der Waals surface area contributed by atoms with Crippen molar-refractivity contribution < 1.29 is 14.3 Å². The van der Waals surface area contributed by atoms with Crippen LogP contribution in [0.25, 0.3) is 16.7 Å². The number of nitrogens with zero attached hydrogens (tertiary/aromatic N) is 3. The molecule has 3 aromatic heterocycles. The van der Waals surface area contributed by atoms with Gasteiger partial charge in [0.15, 0.2) is 12.4 Å². The Bertz CT molecular complexity index is 1410. The van der Waals surface area contributed by atoms with Crippen LogP contribution >= 0.6 is 0 Å². The van der Waals surface area contributed by atoms with Crippen LogP contribution in [0.1, 0.15) is 28.4 Å². The van der Waals surface area contributed by atoms with E-state index in [1.807, 2.05) is 24.3 Å². The highest BCUT2D eigenvalue weighted by molar-refractivity contribution is 5.93. The molecule has 0 aliphatic rings. The number of pyridine rings is 3. The first-order valence-electron chi connectivity index (χ1n) is 9.55. The van der Waals surface area contributed by atoms with Crippen molar-refractivity contribution in [1.29, 1.82) is 0 Å². The Morgan fingerprint density at radius 1 is 1.16 bits per heavy atom. The van der Waals surface area contributed by atoms with E-state index < -0.39 is 11.4 Å². The third-order valence-corrected chi connectivity index (χ3v) is 4.51. The van der Waals surface area contributed by atoms with Gasteiger partial charge < -0.3 is 14.5 Å². The summed E-state index contributed by atoms with van der Waals surface area (Å²) in [6.45, 7) is 1.85. The zero-order chi connectivity index (χ0) is 21.8. The summed E-state index contributed by atoms with van der Waals surface area (Å²) < 4.78 is 7.41. The Hall–Kier alpha value is -4.44. The van der Waals surface area contributed by atoms with Crippen molar-refractivity contribution in [3.05, 3.63) is 105 Å². The fraction of sp³-hybridized carbons (Fsp3) is 0.0833. The van der Waals surface area contributed by atoms with Gasteiger partial charge in [-0.05, 0) is 43.3 Å². The van der Waals surface area contributed by atoms with Crippen LogP contribution in [0.2, 0.25) is 0 Å². The zero-order valence-corrected chi connectivity index (χ0v) is 16.6. The molecule has 7 heteroatoms. The standard InChI is InChI=1S/C24H17N3O4/c1-2-31-24(29)21-16-27(23-20(22(21)28)9-4-12-25-23)19-8-3-6-17(14-19)10-11-18-7-5-13-26(30)15-18/h3-9,12-16H,2H2,1H3. The molecule has 0 unspecified atom stereocenters. The second-order valence-electron chi connectivity index (χ2n) is 6.59. The predicted octanol–water partition coefficient (Wildman–Crippen LogP) is 2.60. The second kappa shape index (κ2) is 8.51. The lowest BCUT2D eigenvalue weighted by Gasteiger charge is -2.12. The van der Waals surface area contributed by atoms with Gasteiger partial charge in [0.25, 0.3) is 0 Å². The Morgan fingerprint density at radius 2 is 1.97 bits per heavy atom. The summed E-state index contributed by atoms with van der Waals surface area (Å²) in [5, 5.41) is 11.7. The van der Waals surface area contributed by atoms with Gasteiger partial charge in [0.2, 0.25) is 5.43 Å². The highest BCUT2D eigenvalue weighted by Gasteiger charge is 2.17. The molecule has 0 atom stereocenters. The second-order valence-corrected chi connectivity index (χ2v) is 6.59. The molecule has 0 aliphatic carbocycles. The van der Waals surface area contributed by atoms with Crippen LogP contribution in [0.15, 0.2) is 78.1 Å². The molecule has 0 bridgehead atoms. The minimum absolute atomic E-state index is 0.0666. The molecule has 0 saturated heterocycles. The lowest BCUT2D eigenvalue weighted by Crippen LogP contribution is -2.24. The molecule has 3 heterocycles. The first-order valence-corrected chi connectivity index (χ1v) is 9.55. The lowest BCUT2D eigenvalue weighted by atomic mass is 10.1. The van der Waals surface area contributed by atoms with E-state index in [0.717, 1.165) is 0 Å². The average molecular weight is 411 g/mol. The molecule has 31 heavy (non-hydrogen) atoms. The molecule has 0 aliphatic heterocycles. The maximum Gasteiger partial charge on any atom is 0.343 e. The summed E-state index contributed by atoms with van der Waals surface area (Å²) in [6.07, 6.45) is 5.81. The average Bonchev–Trinajstić information content (AvgIpc) is 2.78. The summed E-state index contributed by atoms with van der Waals surface area (Å²) in [5.74, 6) is 5.30. The number of fused-ring (bicyclic) bond motifs is 1. The number of hydrogen-bond donors (Lipinski definition) is 0. The largest absolute Gasteiger partial charge is 0.619 e. The maximum atomic E-state index is 12.8. The van der Waals surface area contributed by atoms with Crippen molar-refractivity contribution >= 4 is 17.0 Å². The molecule has 0 amide bonds. The zero-order valence-electron chi connectivity index (χ0n) is 16.6. The monoisotopic (exact) mass is 411 g/mol. The van der Waals surface area contributed by atoms with E-state index in [2.05, 4.69) is 16.8 Å². The fourth-order valence-electron chi connectivity index (χ4n) is 3.12. The number of benzene rings is 1. The minimum atomic E-state index is -0.682. The van der Waals surface area contributed by atoms with Crippen LogP contribution in [-0.2, 0) is 4.74 Å². The van der Waals surface area contributed by atoms with Crippen LogP contribution in [0.5, 0.6) is 0 Å². The van der Waals surface area contributed by atoms with E-state index in [9.17, 15) is 14.8 Å². The van der Waals surface area contributed by atoms with Gasteiger partial charge in [0, 0.05) is 29.7 Å². The Morgan fingerprint density at radius 3 is 2.77 bits per heavy atom. The van der Waals surface area contributed by atoms with Gasteiger partial charge in [0.05, 0.1) is 17.6 Å². The van der Waals surface area contributed by atoms with Crippen molar-refractivity contribution in [3.8, 4) is 17.5 Å². The summed E-state index contributed by atoms with van der Waals surface area (Å²) in [6, 6.07) is 13.9. The molecule has 0 fully saturated rings. The SMILES string of the molecule is CCOC(=O)c1cn(-c2cccc(C#Cc3ccc[n+]([O-])c3)c2)c2ncccc2c1=O. The van der Waals surface area contributed by atoms with Gasteiger partial charge in [-0.25, -0.2) is 9.78 Å². The summed E-state index contributed by atoms with van der Waals surface area (Å²) >= 11 is 0. The molecule has 4 rings (SSSR count). The van der Waals surface area contributed by atoms with E-state index >= 15 is 0 Å². The molecule has 0 spiro atoms. The van der Waals surface area contributed by atoms with Crippen molar-refractivity contribution in [2.75, 3.05) is 6.61 Å². The Labute approximate surface area is 177 Å². The summed E-state index contributed by atoms with van der Waals surface area (Å²) in [4.78, 5) is 29.5. The molecular formula is C24H17N3O4. The smallest absolute Gasteiger partial charge is 0.343 e. The molecule has 152 valence electrons. The van der Waals surface area contributed by atoms with E-state index in [0.29, 0.717) is 32.6 Å². The number of aromatic nitrogens is 3. The van der Waals surface area contributed by atoms with Crippen LogP contribution in [0.4, 0.5) is 0 Å². The van der Waals surface area contributed by atoms with Gasteiger partial charge in [0.1, 0.15) is 11.2 Å². The number of carbonyl (C=O) groups is 1. The van der Waals surface area contributed by atoms with Gasteiger partial charge >= 0.3 is 5.97 Å². The van der Waals surface area contributed by atoms with Crippen molar-refractivity contribution in [2.24, 2.45) is 0 Å². The van der Waals surface area contributed by atoms with Crippen molar-refractivity contribution in [2.45, 2.75) is 6.92 Å². The van der Waals surface area contributed by atoms with E-state index in [1.165, 1.54) is 18.6 Å². The van der Waals surface area contributed by atoms with Crippen molar-refractivity contribution in [3.63, 3.8) is 0 Å². The topological polar surface area (TPSA) is 88.1 Å². The van der Waals surface area contributed by atoms with Crippen LogP contribution in [0.3, 0.4) is 0 Å². The van der Waals surface area contributed by atoms with Gasteiger partial charge in [-0.2, -0.15) is 4.73 Å². The van der Waals surface area contributed by atoms with Crippen molar-refractivity contribution in [1.82, 2.24) is 9.55 Å². The normalized spacial score (nSPS) is 10.4. The lowest BCUT2D eigenvalue weighted by molar-refractivity contribution is -0.605. The first kappa shape index (κ1) is 19.9. The third kappa shape index (κ3) is 4.14. The highest BCUT2D eigenvalue weighted by Crippen LogP contribution is 2.17. The fourth-order valence-corrected chi connectivity index (χ4v) is 3.12. The Kier molecular flexibility index (Phi) is 5.45. The van der Waals surface area contributed by atoms with Gasteiger partial charge in [-0.3, -0.25) is 4.79 Å². The van der Waals surface area contributed by atoms with Gasteiger partial charge in [-0.15, -0.1) is 0 Å². The third-order valence-electron chi connectivity index (χ3n) is 4.51. The molecule has 0 saturated carbocycles. The minimum Gasteiger partial charge on any atom is -0.619 e. The molecule has 4 aromatic rings. The molecule has 7 nitrogen and oxygen atoms in total.